The molecule has 51 heavy (non-hydrogen) atoms. The van der Waals surface area contributed by atoms with Crippen LogP contribution in [0.15, 0.2) is 163 Å². The van der Waals surface area contributed by atoms with Gasteiger partial charge in [0, 0.05) is 51.4 Å². The molecule has 0 amide bonds. The minimum Gasteiger partial charge on any atom is -0.298 e. The molecule has 4 heterocycles. The third-order valence-electron chi connectivity index (χ3n) is 9.60. The third kappa shape index (κ3) is 5.04. The van der Waals surface area contributed by atoms with E-state index in [1.54, 1.807) is 6.20 Å². The standard InChI is InChI=1S/C45H32N6/c1-30-33(24-26-46-2)36-18-9-11-22-39(36)50(30)42-28-43(51-40-23-12-10-19-37(40)38-25-27-47-29-41(38)51)49-45(48-42)44-34(31-14-5-3-6-15-31)20-13-21-35(44)32-16-7-4-8-17-32/h3-29H,2H2,1H3/b26-24-. The van der Waals surface area contributed by atoms with Gasteiger partial charge in [0.15, 0.2) is 5.82 Å². The van der Waals surface area contributed by atoms with Crippen LogP contribution < -0.4 is 0 Å². The topological polar surface area (TPSA) is 60.9 Å². The molecular formula is C45H32N6. The Morgan fingerprint density at radius 2 is 1.16 bits per heavy atom. The van der Waals surface area contributed by atoms with Crippen LogP contribution in [0.25, 0.3) is 84.1 Å². The second-order valence-electron chi connectivity index (χ2n) is 12.5. The highest BCUT2D eigenvalue weighted by Gasteiger charge is 2.23. The molecule has 5 aromatic carbocycles. The number of rotatable bonds is 7. The van der Waals surface area contributed by atoms with Crippen molar-refractivity contribution < 1.29 is 0 Å². The highest BCUT2D eigenvalue weighted by molar-refractivity contribution is 6.09. The molecule has 6 heteroatoms. The van der Waals surface area contributed by atoms with E-state index in [1.807, 2.05) is 30.6 Å². The van der Waals surface area contributed by atoms with Gasteiger partial charge in [-0.25, -0.2) is 9.97 Å². The quantitative estimate of drug-likeness (QED) is 0.160. The number of nitrogens with zero attached hydrogens (tertiary/aromatic N) is 6. The van der Waals surface area contributed by atoms with Gasteiger partial charge in [-0.3, -0.25) is 19.1 Å². The Labute approximate surface area is 295 Å². The summed E-state index contributed by atoms with van der Waals surface area (Å²) in [5.41, 5.74) is 10.4. The van der Waals surface area contributed by atoms with Crippen molar-refractivity contribution in [3.8, 4) is 45.3 Å². The van der Waals surface area contributed by atoms with Crippen LogP contribution in [0.3, 0.4) is 0 Å². The lowest BCUT2D eigenvalue weighted by Gasteiger charge is -2.18. The molecule has 0 saturated carbocycles. The summed E-state index contributed by atoms with van der Waals surface area (Å²) in [7, 11) is 0. The SMILES string of the molecule is C=N/C=C\c1c(C)n(-c2cc(-n3c4ccccc4c4ccncc43)nc(-c3c(-c4ccccc4)cccc3-c3ccccc3)n2)c2ccccc12. The zero-order valence-corrected chi connectivity index (χ0v) is 28.0. The number of aromatic nitrogens is 5. The van der Waals surface area contributed by atoms with Crippen LogP contribution >= 0.6 is 0 Å². The first-order valence-corrected chi connectivity index (χ1v) is 16.9. The summed E-state index contributed by atoms with van der Waals surface area (Å²) in [5, 5.41) is 3.36. The average molecular weight is 657 g/mol. The Hall–Kier alpha value is -6.92. The molecule has 9 aromatic rings. The van der Waals surface area contributed by atoms with Crippen molar-refractivity contribution in [1.82, 2.24) is 24.1 Å². The van der Waals surface area contributed by atoms with Gasteiger partial charge >= 0.3 is 0 Å². The monoisotopic (exact) mass is 656 g/mol. The Morgan fingerprint density at radius 3 is 1.82 bits per heavy atom. The molecule has 0 aliphatic rings. The number of hydrogen-bond donors (Lipinski definition) is 0. The molecule has 0 bridgehead atoms. The molecule has 0 aliphatic carbocycles. The lowest BCUT2D eigenvalue weighted by Crippen LogP contribution is -2.08. The minimum atomic E-state index is 0.623. The number of fused-ring (bicyclic) bond motifs is 4. The molecule has 6 nitrogen and oxygen atoms in total. The number of pyridine rings is 1. The van der Waals surface area contributed by atoms with Crippen LogP contribution in [-0.2, 0) is 0 Å². The second kappa shape index (κ2) is 12.5. The summed E-state index contributed by atoms with van der Waals surface area (Å²) in [6.07, 6.45) is 7.52. The predicted molar refractivity (Wildman–Crippen MR) is 211 cm³/mol. The third-order valence-corrected chi connectivity index (χ3v) is 9.60. The first-order chi connectivity index (χ1) is 25.2. The normalized spacial score (nSPS) is 11.6. The van der Waals surface area contributed by atoms with Gasteiger partial charge in [-0.2, -0.15) is 0 Å². The Morgan fingerprint density at radius 1 is 0.588 bits per heavy atom. The summed E-state index contributed by atoms with van der Waals surface area (Å²) in [6.45, 7) is 5.81. The van der Waals surface area contributed by atoms with Crippen molar-refractivity contribution in [1.29, 1.82) is 0 Å². The maximum atomic E-state index is 5.48. The molecule has 9 rings (SSSR count). The van der Waals surface area contributed by atoms with Crippen LogP contribution in [0.2, 0.25) is 0 Å². The van der Waals surface area contributed by atoms with Crippen molar-refractivity contribution in [2.24, 2.45) is 4.99 Å². The predicted octanol–water partition coefficient (Wildman–Crippen LogP) is 10.9. The average Bonchev–Trinajstić information content (AvgIpc) is 3.68. The summed E-state index contributed by atoms with van der Waals surface area (Å²) in [5.74, 6) is 2.13. The zero-order chi connectivity index (χ0) is 34.3. The lowest BCUT2D eigenvalue weighted by atomic mass is 9.91. The molecule has 0 spiro atoms. The van der Waals surface area contributed by atoms with Crippen LogP contribution in [0.5, 0.6) is 0 Å². The van der Waals surface area contributed by atoms with Gasteiger partial charge in [-0.15, -0.1) is 0 Å². The first-order valence-electron chi connectivity index (χ1n) is 16.9. The van der Waals surface area contributed by atoms with E-state index in [-0.39, 0.29) is 0 Å². The first kappa shape index (κ1) is 30.2. The Kier molecular flexibility index (Phi) is 7.40. The molecule has 0 saturated heterocycles. The van der Waals surface area contributed by atoms with E-state index in [1.165, 1.54) is 0 Å². The van der Waals surface area contributed by atoms with Crippen molar-refractivity contribution >= 4 is 45.5 Å². The van der Waals surface area contributed by atoms with Gasteiger partial charge in [0.25, 0.3) is 0 Å². The Balaban J connectivity index is 1.43. The van der Waals surface area contributed by atoms with Gasteiger partial charge in [-0.05, 0) is 60.2 Å². The van der Waals surface area contributed by atoms with Gasteiger partial charge < -0.3 is 0 Å². The van der Waals surface area contributed by atoms with Gasteiger partial charge in [0.05, 0.1) is 22.7 Å². The number of aliphatic imine (C=N–C) groups is 1. The van der Waals surface area contributed by atoms with Crippen LogP contribution in [0.1, 0.15) is 11.3 Å². The molecule has 0 N–H and O–H groups in total. The van der Waals surface area contributed by atoms with Gasteiger partial charge in [0.1, 0.15) is 11.6 Å². The van der Waals surface area contributed by atoms with Crippen LogP contribution in [0, 0.1) is 6.92 Å². The van der Waals surface area contributed by atoms with Crippen molar-refractivity contribution in [2.45, 2.75) is 6.92 Å². The van der Waals surface area contributed by atoms with Gasteiger partial charge in [-0.1, -0.05) is 115 Å². The molecule has 0 fully saturated rings. The number of para-hydroxylation sites is 2. The van der Waals surface area contributed by atoms with Crippen LogP contribution in [-0.4, -0.2) is 30.8 Å². The van der Waals surface area contributed by atoms with Crippen molar-refractivity contribution in [2.75, 3.05) is 0 Å². The number of benzene rings is 5. The summed E-state index contributed by atoms with van der Waals surface area (Å²) >= 11 is 0. The fraction of sp³-hybridized carbons (Fsp3) is 0.0222. The smallest absolute Gasteiger partial charge is 0.165 e. The van der Waals surface area contributed by atoms with Crippen molar-refractivity contribution in [3.63, 3.8) is 0 Å². The fourth-order valence-electron chi connectivity index (χ4n) is 7.36. The molecule has 4 aromatic heterocycles. The zero-order valence-electron chi connectivity index (χ0n) is 28.0. The maximum Gasteiger partial charge on any atom is 0.165 e. The van der Waals surface area contributed by atoms with E-state index in [2.05, 4.69) is 160 Å². The van der Waals surface area contributed by atoms with E-state index < -0.39 is 0 Å². The molecule has 0 atom stereocenters. The summed E-state index contributed by atoms with van der Waals surface area (Å²) in [6, 6.07) is 48.4. The van der Waals surface area contributed by atoms with E-state index in [9.17, 15) is 0 Å². The molecule has 0 unspecified atom stereocenters. The molecule has 0 aliphatic heterocycles. The number of hydrogen-bond acceptors (Lipinski definition) is 4. The lowest BCUT2D eigenvalue weighted by molar-refractivity contribution is 0.951. The highest BCUT2D eigenvalue weighted by Crippen LogP contribution is 2.41. The van der Waals surface area contributed by atoms with E-state index in [4.69, 9.17) is 9.97 Å². The van der Waals surface area contributed by atoms with Crippen LogP contribution in [0.4, 0.5) is 0 Å². The molecular weight excluding hydrogens is 625 g/mol. The van der Waals surface area contributed by atoms with E-state index in [0.717, 1.165) is 83.4 Å². The Bertz CT molecular complexity index is 2660. The minimum absolute atomic E-state index is 0.623. The second-order valence-corrected chi connectivity index (χ2v) is 12.5. The molecule has 0 radical (unpaired) electrons. The van der Waals surface area contributed by atoms with Gasteiger partial charge in [0.2, 0.25) is 0 Å². The maximum absolute atomic E-state index is 5.48. The molecule has 242 valence electrons. The summed E-state index contributed by atoms with van der Waals surface area (Å²) < 4.78 is 4.44. The summed E-state index contributed by atoms with van der Waals surface area (Å²) in [4.78, 5) is 19.5. The van der Waals surface area contributed by atoms with Crippen molar-refractivity contribution in [3.05, 3.63) is 169 Å². The van der Waals surface area contributed by atoms with E-state index >= 15 is 0 Å². The highest BCUT2D eigenvalue weighted by atomic mass is 15.1. The fourth-order valence-corrected chi connectivity index (χ4v) is 7.36. The van der Waals surface area contributed by atoms with E-state index in [0.29, 0.717) is 5.82 Å². The largest absolute Gasteiger partial charge is 0.298 e.